The fourth-order valence-corrected chi connectivity index (χ4v) is 4.13. The van der Waals surface area contributed by atoms with Gasteiger partial charge in [0.2, 0.25) is 0 Å². The number of urea groups is 1. The van der Waals surface area contributed by atoms with Crippen molar-refractivity contribution in [1.82, 2.24) is 4.90 Å². The van der Waals surface area contributed by atoms with E-state index < -0.39 is 28.4 Å². The first kappa shape index (κ1) is 29.4. The highest BCUT2D eigenvalue weighted by molar-refractivity contribution is 6.40. The summed E-state index contributed by atoms with van der Waals surface area (Å²) >= 11 is 0. The molecule has 3 unspecified atom stereocenters. The summed E-state index contributed by atoms with van der Waals surface area (Å²) < 4.78 is 3.73. The van der Waals surface area contributed by atoms with Crippen molar-refractivity contribution in [2.75, 3.05) is 31.5 Å². The number of aliphatic imine (C=N–C) groups is 1. The van der Waals surface area contributed by atoms with Gasteiger partial charge < -0.3 is 21.0 Å². The minimum Gasteiger partial charge on any atom is -0.616 e. The predicted molar refractivity (Wildman–Crippen MR) is 140 cm³/mol. The average molecular weight is 504 g/mol. The molecule has 1 aliphatic heterocycles. The van der Waals surface area contributed by atoms with Gasteiger partial charge in [-0.15, -0.1) is 0 Å². The monoisotopic (exact) mass is 503 g/mol. The number of benzene rings is 1. The molecule has 1 aromatic carbocycles. The predicted octanol–water partition coefficient (Wildman–Crippen LogP) is 3.76. The van der Waals surface area contributed by atoms with E-state index in [-0.39, 0.29) is 43.8 Å². The zero-order chi connectivity index (χ0) is 27.1. The molecule has 1 aromatic rings. The van der Waals surface area contributed by atoms with E-state index in [1.54, 1.807) is 6.92 Å². The molecule has 0 aromatic heterocycles. The van der Waals surface area contributed by atoms with Crippen molar-refractivity contribution in [3.8, 4) is 0 Å². The van der Waals surface area contributed by atoms with Crippen molar-refractivity contribution >= 4 is 29.3 Å². The van der Waals surface area contributed by atoms with E-state index in [1.807, 2.05) is 58.9 Å². The number of quaternary nitrogens is 1. The quantitative estimate of drug-likeness (QED) is 0.266. The minimum atomic E-state index is -1.57. The van der Waals surface area contributed by atoms with Gasteiger partial charge in [-0.2, -0.15) is 0 Å². The van der Waals surface area contributed by atoms with Gasteiger partial charge in [0, 0.05) is 24.7 Å². The van der Waals surface area contributed by atoms with Crippen LogP contribution < -0.4 is 11.1 Å². The Morgan fingerprint density at radius 1 is 1.19 bits per heavy atom. The number of nitrogens with two attached hydrogens (primary N) is 1. The van der Waals surface area contributed by atoms with Gasteiger partial charge in [-0.05, 0) is 57.7 Å². The Morgan fingerprint density at radius 3 is 2.36 bits per heavy atom. The number of amides is 3. The van der Waals surface area contributed by atoms with Crippen LogP contribution in [0, 0.1) is 5.21 Å². The summed E-state index contributed by atoms with van der Waals surface area (Å²) in [6.07, 6.45) is 0.710. The Bertz CT molecular complexity index is 956. The second kappa shape index (κ2) is 12.4. The number of ether oxygens (including phenoxy) is 1. The summed E-state index contributed by atoms with van der Waals surface area (Å²) in [5, 5.41) is 16.3. The summed E-state index contributed by atoms with van der Waals surface area (Å²) in [7, 11) is 0. The maximum Gasteiger partial charge on any atom is 0.428 e. The molecule has 1 heterocycles. The number of imide groups is 1. The molecule has 36 heavy (non-hydrogen) atoms. The topological polar surface area (TPSA) is 137 Å². The molecule has 3 N–H and O–H groups in total. The standard InChI is InChI=1S/C26H41N5O5/c1-7-14-30-23(27)22(24(33)31(35,15-8-2)25(30)34)29-16-18(9-3)19-10-12-20(13-11-19)28-17-21(32)36-26(4,5)6/h10-13,18,23,28H,7-9,14-17,27H2,1-6H3. The Kier molecular flexibility index (Phi) is 10.2. The minimum absolute atomic E-state index is 0.0191. The normalized spacial score (nSPS) is 22.6. The van der Waals surface area contributed by atoms with Gasteiger partial charge in [0.25, 0.3) is 0 Å². The number of anilines is 1. The molecule has 2 rings (SSSR count). The zero-order valence-electron chi connectivity index (χ0n) is 22.4. The molecular weight excluding hydrogens is 462 g/mol. The smallest absolute Gasteiger partial charge is 0.428 e. The molecule has 0 spiro atoms. The number of carbonyl (C=O) groups excluding carboxylic acids is 3. The summed E-state index contributed by atoms with van der Waals surface area (Å²) in [6, 6.07) is 6.81. The lowest BCUT2D eigenvalue weighted by Crippen LogP contribution is -2.72. The molecule has 0 radical (unpaired) electrons. The number of carbonyl (C=O) groups is 3. The lowest BCUT2D eigenvalue weighted by Gasteiger charge is -2.46. The molecule has 0 aliphatic carbocycles. The lowest BCUT2D eigenvalue weighted by molar-refractivity contribution is -0.722. The zero-order valence-corrected chi connectivity index (χ0v) is 22.4. The van der Waals surface area contributed by atoms with Gasteiger partial charge >= 0.3 is 17.9 Å². The molecule has 1 aliphatic rings. The molecule has 3 amide bonds. The van der Waals surface area contributed by atoms with Crippen molar-refractivity contribution in [2.24, 2.45) is 10.7 Å². The third kappa shape index (κ3) is 7.11. The van der Waals surface area contributed by atoms with E-state index in [9.17, 15) is 19.6 Å². The maximum absolute atomic E-state index is 13.3. The SMILES string of the molecule is CCCN1C(=O)[N+]([O-])(CCC)C(=O)C(=NCC(CC)c2ccc(NCC(=O)OC(C)(C)C)cc2)C1N. The Labute approximate surface area is 214 Å². The lowest BCUT2D eigenvalue weighted by atomic mass is 9.96. The average Bonchev–Trinajstić information content (AvgIpc) is 2.81. The number of nitrogens with zero attached hydrogens (tertiary/aromatic N) is 3. The third-order valence-electron chi connectivity index (χ3n) is 5.93. The van der Waals surface area contributed by atoms with Crippen LogP contribution in [0.2, 0.25) is 0 Å². The molecule has 3 atom stereocenters. The van der Waals surface area contributed by atoms with Gasteiger partial charge in [-0.3, -0.25) is 14.7 Å². The Hall–Kier alpha value is -2.82. The maximum atomic E-state index is 13.3. The first-order chi connectivity index (χ1) is 16.9. The first-order valence-electron chi connectivity index (χ1n) is 12.7. The van der Waals surface area contributed by atoms with Gasteiger partial charge in [0.15, 0.2) is 5.71 Å². The number of hydrogen-bond donors (Lipinski definition) is 2. The van der Waals surface area contributed by atoms with Gasteiger partial charge in [-0.25, -0.2) is 14.2 Å². The highest BCUT2D eigenvalue weighted by Crippen LogP contribution is 2.25. The number of hydroxylamine groups is 3. The Balaban J connectivity index is 2.16. The molecule has 200 valence electrons. The van der Waals surface area contributed by atoms with E-state index in [1.165, 1.54) is 4.90 Å². The summed E-state index contributed by atoms with van der Waals surface area (Å²) in [5.41, 5.74) is 7.44. The van der Waals surface area contributed by atoms with Gasteiger partial charge in [0.05, 0.1) is 6.54 Å². The fraction of sp³-hybridized carbons (Fsp3) is 0.615. The first-order valence-corrected chi connectivity index (χ1v) is 12.7. The van der Waals surface area contributed by atoms with Gasteiger partial charge in [0.1, 0.15) is 18.3 Å². The molecule has 0 bridgehead atoms. The van der Waals surface area contributed by atoms with Crippen LogP contribution >= 0.6 is 0 Å². The third-order valence-corrected chi connectivity index (χ3v) is 5.93. The van der Waals surface area contributed by atoms with E-state index in [0.717, 1.165) is 17.7 Å². The highest BCUT2D eigenvalue weighted by Gasteiger charge is 2.51. The van der Waals surface area contributed by atoms with Crippen molar-refractivity contribution in [3.63, 3.8) is 0 Å². The van der Waals surface area contributed by atoms with Crippen LogP contribution in [-0.4, -0.2) is 71.1 Å². The fourth-order valence-electron chi connectivity index (χ4n) is 4.13. The van der Waals surface area contributed by atoms with Crippen LogP contribution in [-0.2, 0) is 14.3 Å². The van der Waals surface area contributed by atoms with E-state index >= 15 is 0 Å². The highest BCUT2D eigenvalue weighted by atomic mass is 16.6. The molecule has 10 heteroatoms. The number of nitrogens with one attached hydrogen (secondary N) is 1. The van der Waals surface area contributed by atoms with E-state index in [4.69, 9.17) is 10.5 Å². The number of esters is 1. The summed E-state index contributed by atoms with van der Waals surface area (Å²) in [4.78, 5) is 43.6. The van der Waals surface area contributed by atoms with Crippen LogP contribution in [0.4, 0.5) is 10.5 Å². The van der Waals surface area contributed by atoms with Crippen LogP contribution in [0.3, 0.4) is 0 Å². The molecule has 1 saturated heterocycles. The molecular formula is C26H41N5O5. The molecule has 0 saturated carbocycles. The van der Waals surface area contributed by atoms with Crippen molar-refractivity contribution in [1.29, 1.82) is 0 Å². The Morgan fingerprint density at radius 2 is 1.83 bits per heavy atom. The largest absolute Gasteiger partial charge is 0.616 e. The number of hydrogen-bond acceptors (Lipinski definition) is 8. The molecule has 10 nitrogen and oxygen atoms in total. The second-order valence-electron chi connectivity index (χ2n) is 10.1. The van der Waals surface area contributed by atoms with Crippen LogP contribution in [0.1, 0.15) is 72.3 Å². The summed E-state index contributed by atoms with van der Waals surface area (Å²) in [5.74, 6) is -1.22. The van der Waals surface area contributed by atoms with E-state index in [2.05, 4.69) is 10.3 Å². The van der Waals surface area contributed by atoms with E-state index in [0.29, 0.717) is 12.8 Å². The summed E-state index contributed by atoms with van der Waals surface area (Å²) in [6.45, 7) is 11.6. The molecule has 1 fully saturated rings. The number of rotatable bonds is 11. The van der Waals surface area contributed by atoms with Crippen LogP contribution in [0.5, 0.6) is 0 Å². The second-order valence-corrected chi connectivity index (χ2v) is 10.1. The van der Waals surface area contributed by atoms with Gasteiger partial charge in [-0.1, -0.05) is 32.9 Å². The van der Waals surface area contributed by atoms with Crippen LogP contribution in [0.15, 0.2) is 29.3 Å². The van der Waals surface area contributed by atoms with Crippen molar-refractivity contribution < 1.29 is 23.8 Å². The van der Waals surface area contributed by atoms with Crippen LogP contribution in [0.25, 0.3) is 0 Å². The van der Waals surface area contributed by atoms with Crippen molar-refractivity contribution in [2.45, 2.75) is 78.5 Å². The van der Waals surface area contributed by atoms with Crippen molar-refractivity contribution in [3.05, 3.63) is 35.0 Å².